The highest BCUT2D eigenvalue weighted by atomic mass is 16.5. The second-order valence-electron chi connectivity index (χ2n) is 7.84. The Labute approximate surface area is 183 Å². The zero-order valence-corrected chi connectivity index (χ0v) is 17.0. The maximum absolute atomic E-state index is 13.0. The quantitative estimate of drug-likeness (QED) is 0.461. The summed E-state index contributed by atoms with van der Waals surface area (Å²) in [5.74, 6) is -1.10. The first kappa shape index (κ1) is 20.2. The van der Waals surface area contributed by atoms with Crippen molar-refractivity contribution in [2.75, 3.05) is 23.4 Å². The predicted octanol–water partition coefficient (Wildman–Crippen LogP) is 0.0900. The smallest absolute Gasteiger partial charge is 0.259 e. The molecule has 2 aromatic rings. The van der Waals surface area contributed by atoms with Gasteiger partial charge >= 0.3 is 0 Å². The van der Waals surface area contributed by atoms with Gasteiger partial charge in [-0.3, -0.25) is 19.8 Å². The first-order valence-electron chi connectivity index (χ1n) is 10.2. The molecule has 32 heavy (non-hydrogen) atoms. The molecule has 164 valence electrons. The lowest BCUT2D eigenvalue weighted by molar-refractivity contribution is -0.150. The molecule has 0 spiro atoms. The van der Waals surface area contributed by atoms with Crippen LogP contribution in [0.2, 0.25) is 0 Å². The van der Waals surface area contributed by atoms with Crippen molar-refractivity contribution in [2.45, 2.75) is 25.3 Å². The summed E-state index contributed by atoms with van der Waals surface area (Å²) in [4.78, 5) is 38.9. The van der Waals surface area contributed by atoms with Gasteiger partial charge in [-0.05, 0) is 47.5 Å². The molecular formula is C22H21N5O5. The van der Waals surface area contributed by atoms with Gasteiger partial charge in [-0.15, -0.1) is 0 Å². The number of rotatable bonds is 4. The van der Waals surface area contributed by atoms with Crippen molar-refractivity contribution in [1.82, 2.24) is 10.6 Å². The van der Waals surface area contributed by atoms with Crippen LogP contribution in [0, 0.1) is 5.41 Å². The highest BCUT2D eigenvalue weighted by Gasteiger charge is 2.39. The number of carbonyl (C=O) groups is 3. The van der Waals surface area contributed by atoms with E-state index in [9.17, 15) is 19.5 Å². The monoisotopic (exact) mass is 435 g/mol. The van der Waals surface area contributed by atoms with Crippen LogP contribution in [0.4, 0.5) is 11.4 Å². The minimum Gasteiger partial charge on any atom is -0.380 e. The van der Waals surface area contributed by atoms with Crippen LogP contribution < -0.4 is 20.9 Å². The van der Waals surface area contributed by atoms with Crippen molar-refractivity contribution < 1.29 is 24.2 Å². The zero-order chi connectivity index (χ0) is 22.4. The van der Waals surface area contributed by atoms with Gasteiger partial charge in [0.2, 0.25) is 0 Å². The fourth-order valence-corrected chi connectivity index (χ4v) is 4.17. The Morgan fingerprint density at radius 3 is 2.72 bits per heavy atom. The van der Waals surface area contributed by atoms with Gasteiger partial charge < -0.3 is 30.7 Å². The number of fused-ring (bicyclic) bond motifs is 2. The van der Waals surface area contributed by atoms with E-state index in [1.54, 1.807) is 36.4 Å². The number of carbonyl (C=O) groups excluding carboxylic acids is 3. The van der Waals surface area contributed by atoms with Crippen LogP contribution in [0.25, 0.3) is 0 Å². The summed E-state index contributed by atoms with van der Waals surface area (Å²) in [7, 11) is 0. The van der Waals surface area contributed by atoms with E-state index < -0.39 is 24.0 Å². The number of nitrogens with zero attached hydrogens (tertiary/aromatic N) is 1. The minimum absolute atomic E-state index is 0.149. The fourth-order valence-electron chi connectivity index (χ4n) is 4.17. The number of ether oxygens (including phenoxy) is 1. The zero-order valence-electron chi connectivity index (χ0n) is 17.0. The number of aliphatic hydroxyl groups is 1. The molecule has 5 N–H and O–H groups in total. The van der Waals surface area contributed by atoms with E-state index in [0.717, 1.165) is 16.7 Å². The number of hydrogen-bond donors (Lipinski definition) is 5. The van der Waals surface area contributed by atoms with Crippen molar-refractivity contribution in [3.63, 3.8) is 0 Å². The lowest BCUT2D eigenvalue weighted by atomic mass is 10.1. The Kier molecular flexibility index (Phi) is 4.87. The maximum Gasteiger partial charge on any atom is 0.259 e. The highest BCUT2D eigenvalue weighted by Crippen LogP contribution is 2.26. The molecule has 2 aromatic carbocycles. The van der Waals surface area contributed by atoms with Crippen LogP contribution in [0.5, 0.6) is 0 Å². The molecule has 1 saturated heterocycles. The third-order valence-corrected chi connectivity index (χ3v) is 5.86. The third-order valence-electron chi connectivity index (χ3n) is 5.86. The summed E-state index contributed by atoms with van der Waals surface area (Å²) in [6.07, 6.45) is -3.05. The van der Waals surface area contributed by atoms with Crippen LogP contribution in [0.3, 0.4) is 0 Å². The molecule has 3 aliphatic rings. The fraction of sp³-hybridized carbons (Fsp3) is 0.273. The first-order chi connectivity index (χ1) is 15.4. The van der Waals surface area contributed by atoms with Gasteiger partial charge in [-0.25, -0.2) is 0 Å². The number of anilines is 2. The topological polar surface area (TPSA) is 144 Å². The Morgan fingerprint density at radius 1 is 1.12 bits per heavy atom. The SMILES string of the molecule is N=C1NCc2cc(NC(=O)[C@H](O)[C@H]3OCCN(c4ccc5c(c4)CNC5=O)C3=O)ccc21. The van der Waals surface area contributed by atoms with Crippen LogP contribution >= 0.6 is 0 Å². The van der Waals surface area contributed by atoms with Crippen molar-refractivity contribution in [3.8, 4) is 0 Å². The van der Waals surface area contributed by atoms with Crippen molar-refractivity contribution >= 4 is 34.9 Å². The number of aliphatic hydroxyl groups excluding tert-OH is 1. The first-order valence-corrected chi connectivity index (χ1v) is 10.2. The summed E-state index contributed by atoms with van der Waals surface area (Å²) in [6, 6.07) is 10.2. The summed E-state index contributed by atoms with van der Waals surface area (Å²) < 4.78 is 5.45. The summed E-state index contributed by atoms with van der Waals surface area (Å²) >= 11 is 0. The molecule has 3 aliphatic heterocycles. The van der Waals surface area contributed by atoms with Crippen molar-refractivity contribution in [1.29, 1.82) is 5.41 Å². The Morgan fingerprint density at radius 2 is 1.88 bits per heavy atom. The Hall–Kier alpha value is -3.76. The second-order valence-corrected chi connectivity index (χ2v) is 7.84. The van der Waals surface area contributed by atoms with E-state index in [2.05, 4.69) is 16.0 Å². The average molecular weight is 435 g/mol. The van der Waals surface area contributed by atoms with Gasteiger partial charge in [0.05, 0.1) is 6.61 Å². The van der Waals surface area contributed by atoms with E-state index >= 15 is 0 Å². The van der Waals surface area contributed by atoms with E-state index in [1.807, 2.05) is 0 Å². The van der Waals surface area contributed by atoms with E-state index in [0.29, 0.717) is 35.9 Å². The molecule has 0 unspecified atom stereocenters. The third kappa shape index (κ3) is 3.39. The molecule has 10 nitrogen and oxygen atoms in total. The average Bonchev–Trinajstić information content (AvgIpc) is 3.35. The molecule has 2 atom stereocenters. The van der Waals surface area contributed by atoms with E-state index in [4.69, 9.17) is 10.1 Å². The highest BCUT2D eigenvalue weighted by molar-refractivity contribution is 6.05. The number of amides is 3. The van der Waals surface area contributed by atoms with Crippen LogP contribution in [-0.4, -0.2) is 54.0 Å². The number of nitrogens with one attached hydrogen (secondary N) is 4. The summed E-state index contributed by atoms with van der Waals surface area (Å²) in [5, 5.41) is 26.6. The van der Waals surface area contributed by atoms with Crippen LogP contribution in [0.15, 0.2) is 36.4 Å². The van der Waals surface area contributed by atoms with E-state index in [1.165, 1.54) is 4.90 Å². The summed E-state index contributed by atoms with van der Waals surface area (Å²) in [6.45, 7) is 1.31. The molecule has 0 saturated carbocycles. The van der Waals surface area contributed by atoms with Gasteiger partial charge in [-0.2, -0.15) is 0 Å². The molecule has 0 radical (unpaired) electrons. The van der Waals surface area contributed by atoms with Gasteiger partial charge in [-0.1, -0.05) is 0 Å². The molecular weight excluding hydrogens is 414 g/mol. The lowest BCUT2D eigenvalue weighted by Crippen LogP contribution is -2.55. The van der Waals surface area contributed by atoms with Gasteiger partial charge in [0.25, 0.3) is 17.7 Å². The largest absolute Gasteiger partial charge is 0.380 e. The second kappa shape index (κ2) is 7.74. The number of benzene rings is 2. The molecule has 3 heterocycles. The number of amidine groups is 1. The van der Waals surface area contributed by atoms with Crippen LogP contribution in [-0.2, 0) is 27.4 Å². The van der Waals surface area contributed by atoms with Crippen molar-refractivity contribution in [2.24, 2.45) is 0 Å². The summed E-state index contributed by atoms with van der Waals surface area (Å²) in [5.41, 5.74) is 4.03. The van der Waals surface area contributed by atoms with E-state index in [-0.39, 0.29) is 19.1 Å². The Bertz CT molecular complexity index is 1160. The number of morpholine rings is 1. The molecule has 5 rings (SSSR count). The molecule has 0 aromatic heterocycles. The molecule has 0 aliphatic carbocycles. The molecule has 1 fully saturated rings. The van der Waals surface area contributed by atoms with Gasteiger partial charge in [0.1, 0.15) is 5.84 Å². The molecule has 10 heteroatoms. The van der Waals surface area contributed by atoms with Crippen molar-refractivity contribution in [3.05, 3.63) is 58.7 Å². The molecule has 3 amide bonds. The normalized spacial score (nSPS) is 20.3. The van der Waals surface area contributed by atoms with Gasteiger partial charge in [0, 0.05) is 42.1 Å². The maximum atomic E-state index is 13.0. The van der Waals surface area contributed by atoms with Gasteiger partial charge in [0.15, 0.2) is 12.2 Å². The number of hydrogen-bond acceptors (Lipinski definition) is 6. The minimum atomic E-state index is -1.70. The Balaban J connectivity index is 1.30. The standard InChI is InChI=1S/C22H21N5O5/c23-19-15-3-1-13(7-11(15)9-24-19)26-21(30)17(28)18-22(31)27(5-6-32-18)14-2-4-16-12(8-14)10-25-20(16)29/h1-4,7-8,17-18,28H,5-6,9-10H2,(H2,23,24)(H,25,29)(H,26,30)/t17-,18-/m1/s1. The van der Waals surface area contributed by atoms with Crippen LogP contribution in [0.1, 0.15) is 27.0 Å². The molecule has 0 bridgehead atoms. The lowest BCUT2D eigenvalue weighted by Gasteiger charge is -2.34. The predicted molar refractivity (Wildman–Crippen MR) is 114 cm³/mol.